The molecule has 1 fully saturated rings. The van der Waals surface area contributed by atoms with E-state index in [1.54, 1.807) is 42.2 Å². The number of carbonyl (C=O) groups excluding carboxylic acids is 3. The molecule has 10 heteroatoms. The number of rotatable bonds is 4. The van der Waals surface area contributed by atoms with E-state index < -0.39 is 11.8 Å². The molecule has 3 aromatic rings. The first-order valence-electron chi connectivity index (χ1n) is 13.1. The Morgan fingerprint density at radius 3 is 2.72 bits per heavy atom. The van der Waals surface area contributed by atoms with Gasteiger partial charge in [0.1, 0.15) is 17.4 Å². The first-order chi connectivity index (χ1) is 19.0. The second-order valence-corrected chi connectivity index (χ2v) is 10.1. The lowest BCUT2D eigenvalue weighted by atomic mass is 9.94. The summed E-state index contributed by atoms with van der Waals surface area (Å²) in [6.07, 6.45) is 10.5. The van der Waals surface area contributed by atoms with E-state index in [0.717, 1.165) is 43.6 Å². The maximum absolute atomic E-state index is 13.6. The van der Waals surface area contributed by atoms with Gasteiger partial charge in [-0.3, -0.25) is 29.1 Å². The molecule has 4 aliphatic heterocycles. The smallest absolute Gasteiger partial charge is 0.261 e. The number of likely N-dealkylation sites (tertiary alicyclic amines) is 1. The standard InChI is InChI=1S/C29H26N6O4/c1-39-18-8-12-34-21(16-31-22(34)15-18)23-24(28(37)32-27(23)36)25-19-7-5-6-17-14-20(35(26(17)19)13-9-30-25)29(38)33-10-3-2-4-11-33/h5-9,12-13,15-16,20H,2-4,10-11,14H2,1H3,(H,32,36,37). The zero-order valence-corrected chi connectivity index (χ0v) is 21.4. The zero-order valence-electron chi connectivity index (χ0n) is 21.4. The third-order valence-corrected chi connectivity index (χ3v) is 7.91. The largest absolute Gasteiger partial charge is 0.497 e. The topological polar surface area (TPSA) is 109 Å². The molecule has 7 rings (SSSR count). The number of methoxy groups -OCH3 is 1. The Morgan fingerprint density at radius 1 is 1.08 bits per heavy atom. The maximum Gasteiger partial charge on any atom is 0.261 e. The van der Waals surface area contributed by atoms with Crippen LogP contribution in [-0.2, 0) is 20.8 Å². The Hall–Kier alpha value is -4.73. The number of nitrogens with zero attached hydrogens (tertiary/aromatic N) is 5. The first kappa shape index (κ1) is 23.4. The number of imide groups is 1. The average Bonchev–Trinajstić information content (AvgIpc) is 3.58. The second kappa shape index (κ2) is 8.93. The van der Waals surface area contributed by atoms with Gasteiger partial charge in [0.05, 0.1) is 41.5 Å². The van der Waals surface area contributed by atoms with Crippen LogP contribution < -0.4 is 15.0 Å². The Labute approximate surface area is 224 Å². The highest BCUT2D eigenvalue weighted by molar-refractivity contribution is 6.47. The number of benzene rings is 1. The van der Waals surface area contributed by atoms with Crippen molar-refractivity contribution in [1.82, 2.24) is 19.6 Å². The number of fused-ring (bicyclic) bond motifs is 1. The van der Waals surface area contributed by atoms with Crippen molar-refractivity contribution in [3.63, 3.8) is 0 Å². The van der Waals surface area contributed by atoms with Crippen molar-refractivity contribution < 1.29 is 19.1 Å². The van der Waals surface area contributed by atoms with Gasteiger partial charge in [-0.25, -0.2) is 4.98 Å². The third-order valence-electron chi connectivity index (χ3n) is 7.91. The summed E-state index contributed by atoms with van der Waals surface area (Å²) in [5, 5.41) is 2.46. The van der Waals surface area contributed by atoms with Gasteiger partial charge < -0.3 is 14.5 Å². The monoisotopic (exact) mass is 522 g/mol. The van der Waals surface area contributed by atoms with Crippen molar-refractivity contribution in [2.75, 3.05) is 25.1 Å². The van der Waals surface area contributed by atoms with E-state index in [1.807, 2.05) is 34.2 Å². The molecule has 196 valence electrons. The van der Waals surface area contributed by atoms with E-state index in [9.17, 15) is 14.4 Å². The molecule has 0 radical (unpaired) electrons. The molecule has 1 atom stereocenters. The van der Waals surface area contributed by atoms with Crippen molar-refractivity contribution in [2.24, 2.45) is 4.99 Å². The summed E-state index contributed by atoms with van der Waals surface area (Å²) in [6.45, 7) is 1.56. The van der Waals surface area contributed by atoms with Crippen molar-refractivity contribution >= 4 is 40.3 Å². The number of piperidine rings is 1. The van der Waals surface area contributed by atoms with Gasteiger partial charge in [0.25, 0.3) is 11.8 Å². The predicted molar refractivity (Wildman–Crippen MR) is 144 cm³/mol. The van der Waals surface area contributed by atoms with Gasteiger partial charge >= 0.3 is 0 Å². The number of carbonyl (C=O) groups is 3. The number of imidazole rings is 1. The molecule has 1 unspecified atom stereocenters. The Kier molecular flexibility index (Phi) is 5.36. The molecule has 10 nitrogen and oxygen atoms in total. The van der Waals surface area contributed by atoms with Crippen LogP contribution in [0.3, 0.4) is 0 Å². The summed E-state index contributed by atoms with van der Waals surface area (Å²) in [6, 6.07) is 8.97. The fourth-order valence-electron chi connectivity index (χ4n) is 6.07. The van der Waals surface area contributed by atoms with Crippen LogP contribution >= 0.6 is 0 Å². The minimum Gasteiger partial charge on any atom is -0.497 e. The van der Waals surface area contributed by atoms with Crippen LogP contribution in [0.15, 0.2) is 65.7 Å². The summed E-state index contributed by atoms with van der Waals surface area (Å²) in [5.41, 5.74) is 4.40. The Morgan fingerprint density at radius 2 is 1.90 bits per heavy atom. The zero-order chi connectivity index (χ0) is 26.7. The SMILES string of the molecule is COc1ccn2c(C3=C(C4=NC=CN5c6c(cccc64)CC5C(=O)N4CCCCC4)C(=O)NC3=O)cnc2c1. The van der Waals surface area contributed by atoms with Crippen LogP contribution in [0.1, 0.15) is 36.1 Å². The summed E-state index contributed by atoms with van der Waals surface area (Å²) >= 11 is 0. The number of para-hydroxylation sites is 1. The summed E-state index contributed by atoms with van der Waals surface area (Å²) < 4.78 is 7.05. The summed E-state index contributed by atoms with van der Waals surface area (Å²) in [7, 11) is 1.57. The summed E-state index contributed by atoms with van der Waals surface area (Å²) in [5.74, 6) is -0.283. The van der Waals surface area contributed by atoms with Crippen LogP contribution in [0.4, 0.5) is 5.69 Å². The maximum atomic E-state index is 13.6. The fourth-order valence-corrected chi connectivity index (χ4v) is 6.07. The lowest BCUT2D eigenvalue weighted by Crippen LogP contribution is -2.47. The fraction of sp³-hybridized carbons (Fsp3) is 0.276. The van der Waals surface area contributed by atoms with Gasteiger partial charge in [-0.05, 0) is 30.9 Å². The second-order valence-electron chi connectivity index (χ2n) is 10.1. The molecular weight excluding hydrogens is 496 g/mol. The van der Waals surface area contributed by atoms with E-state index in [1.165, 1.54) is 0 Å². The molecule has 1 N–H and O–H groups in total. The van der Waals surface area contributed by atoms with Crippen LogP contribution in [-0.4, -0.2) is 64.0 Å². The molecule has 6 heterocycles. The van der Waals surface area contributed by atoms with E-state index in [-0.39, 0.29) is 23.1 Å². The number of hydrogen-bond acceptors (Lipinski definition) is 7. The van der Waals surface area contributed by atoms with Gasteiger partial charge in [0, 0.05) is 49.7 Å². The van der Waals surface area contributed by atoms with Gasteiger partial charge in [0.15, 0.2) is 0 Å². The highest BCUT2D eigenvalue weighted by Crippen LogP contribution is 2.40. The normalized spacial score (nSPS) is 20.3. The molecule has 4 aliphatic rings. The number of anilines is 1. The molecule has 2 aromatic heterocycles. The minimum absolute atomic E-state index is 0.111. The molecule has 1 aromatic carbocycles. The van der Waals surface area contributed by atoms with Gasteiger partial charge in [-0.2, -0.15) is 0 Å². The molecule has 0 bridgehead atoms. The van der Waals surface area contributed by atoms with E-state index >= 15 is 0 Å². The van der Waals surface area contributed by atoms with Crippen molar-refractivity contribution in [3.05, 3.63) is 77.5 Å². The third kappa shape index (κ3) is 3.58. The van der Waals surface area contributed by atoms with Crippen LogP contribution in [0.2, 0.25) is 0 Å². The number of ether oxygens (including phenoxy) is 1. The number of hydrogen-bond donors (Lipinski definition) is 1. The predicted octanol–water partition coefficient (Wildman–Crippen LogP) is 2.47. The van der Waals surface area contributed by atoms with Gasteiger partial charge in [0.2, 0.25) is 5.91 Å². The van der Waals surface area contributed by atoms with E-state index in [0.29, 0.717) is 34.8 Å². The average molecular weight is 523 g/mol. The lowest BCUT2D eigenvalue weighted by Gasteiger charge is -2.32. The van der Waals surface area contributed by atoms with E-state index in [4.69, 9.17) is 4.74 Å². The number of amides is 3. The Bertz CT molecular complexity index is 1660. The molecule has 39 heavy (non-hydrogen) atoms. The van der Waals surface area contributed by atoms with Crippen LogP contribution in [0, 0.1) is 0 Å². The van der Waals surface area contributed by atoms with Crippen LogP contribution in [0.5, 0.6) is 5.75 Å². The number of nitrogens with one attached hydrogen (secondary N) is 1. The van der Waals surface area contributed by atoms with E-state index in [2.05, 4.69) is 15.3 Å². The van der Waals surface area contributed by atoms with Gasteiger partial charge in [-0.15, -0.1) is 0 Å². The highest BCUT2D eigenvalue weighted by Gasteiger charge is 2.42. The van der Waals surface area contributed by atoms with Crippen molar-refractivity contribution in [3.8, 4) is 5.75 Å². The molecule has 1 saturated heterocycles. The van der Waals surface area contributed by atoms with Crippen molar-refractivity contribution in [1.29, 1.82) is 0 Å². The molecular formula is C29H26N6O4. The van der Waals surface area contributed by atoms with Crippen LogP contribution in [0.25, 0.3) is 11.2 Å². The van der Waals surface area contributed by atoms with Gasteiger partial charge in [-0.1, -0.05) is 18.2 Å². The first-order valence-corrected chi connectivity index (χ1v) is 13.1. The molecule has 0 aliphatic carbocycles. The summed E-state index contributed by atoms with van der Waals surface area (Å²) in [4.78, 5) is 53.1. The lowest BCUT2D eigenvalue weighted by molar-refractivity contribution is -0.133. The Balaban J connectivity index is 1.34. The molecule has 0 spiro atoms. The molecule has 3 amide bonds. The van der Waals surface area contributed by atoms with Crippen molar-refractivity contribution in [2.45, 2.75) is 31.7 Å². The minimum atomic E-state index is -0.518. The number of aliphatic imine (C=N–C) groups is 1. The number of aromatic nitrogens is 2. The molecule has 0 saturated carbocycles. The number of pyridine rings is 1. The highest BCUT2D eigenvalue weighted by atomic mass is 16.5. The quantitative estimate of drug-likeness (QED) is 0.528.